The molecule has 7 heteroatoms. The number of ether oxygens (including phenoxy) is 1. The monoisotopic (exact) mass is 282 g/mol. The minimum Gasteiger partial charge on any atom is -0.384 e. The summed E-state index contributed by atoms with van der Waals surface area (Å²) in [5.41, 5.74) is 5.77. The van der Waals surface area contributed by atoms with Crippen molar-refractivity contribution >= 4 is 21.8 Å². The highest BCUT2D eigenvalue weighted by molar-refractivity contribution is 8.00. The van der Waals surface area contributed by atoms with E-state index in [0.717, 1.165) is 12.8 Å². The normalized spacial score (nSPS) is 21.6. The standard InChI is InChI=1S/C10H22N2O3S2/c1-15-7-8-17(13,14)12-5-3-10(9-11,16-2)4-6-12/h3-9,11H2,1-2H3. The number of piperidine rings is 1. The first-order chi connectivity index (χ1) is 7.99. The third-order valence-corrected chi connectivity index (χ3v) is 6.65. The van der Waals surface area contributed by atoms with Gasteiger partial charge in [-0.25, -0.2) is 12.7 Å². The highest BCUT2D eigenvalue weighted by Crippen LogP contribution is 2.34. The van der Waals surface area contributed by atoms with Gasteiger partial charge < -0.3 is 10.5 Å². The molecule has 1 aliphatic rings. The molecule has 0 aromatic heterocycles. The Bertz CT molecular complexity index is 318. The van der Waals surface area contributed by atoms with Crippen LogP contribution in [0.5, 0.6) is 0 Å². The molecule has 0 atom stereocenters. The lowest BCUT2D eigenvalue weighted by Gasteiger charge is -2.39. The van der Waals surface area contributed by atoms with Crippen LogP contribution in [0.25, 0.3) is 0 Å². The van der Waals surface area contributed by atoms with Gasteiger partial charge in [0, 0.05) is 31.5 Å². The van der Waals surface area contributed by atoms with Crippen molar-refractivity contribution in [2.45, 2.75) is 17.6 Å². The van der Waals surface area contributed by atoms with E-state index in [1.807, 2.05) is 6.26 Å². The van der Waals surface area contributed by atoms with E-state index in [1.54, 1.807) is 16.1 Å². The Morgan fingerprint density at radius 1 is 1.41 bits per heavy atom. The van der Waals surface area contributed by atoms with Gasteiger partial charge in [0.25, 0.3) is 0 Å². The van der Waals surface area contributed by atoms with Crippen LogP contribution < -0.4 is 5.73 Å². The predicted molar refractivity (Wildman–Crippen MR) is 71.8 cm³/mol. The number of rotatable bonds is 6. The summed E-state index contributed by atoms with van der Waals surface area (Å²) >= 11 is 1.75. The molecule has 0 radical (unpaired) electrons. The maximum Gasteiger partial charge on any atom is 0.216 e. The Labute approximate surface area is 108 Å². The molecule has 1 heterocycles. The van der Waals surface area contributed by atoms with Crippen molar-refractivity contribution in [3.05, 3.63) is 0 Å². The molecule has 1 fully saturated rings. The van der Waals surface area contributed by atoms with Crippen molar-refractivity contribution in [3.8, 4) is 0 Å². The van der Waals surface area contributed by atoms with Gasteiger partial charge in [0.2, 0.25) is 10.0 Å². The van der Waals surface area contributed by atoms with E-state index in [-0.39, 0.29) is 17.1 Å². The second-order valence-electron chi connectivity index (χ2n) is 4.30. The van der Waals surface area contributed by atoms with Crippen LogP contribution in [-0.2, 0) is 14.8 Å². The van der Waals surface area contributed by atoms with Gasteiger partial charge in [-0.3, -0.25) is 0 Å². The Balaban J connectivity index is 2.57. The van der Waals surface area contributed by atoms with Crippen molar-refractivity contribution in [2.75, 3.05) is 45.4 Å². The lowest BCUT2D eigenvalue weighted by atomic mass is 9.97. The highest BCUT2D eigenvalue weighted by atomic mass is 32.2. The van der Waals surface area contributed by atoms with E-state index in [9.17, 15) is 8.42 Å². The second kappa shape index (κ2) is 6.38. The fourth-order valence-corrected chi connectivity index (χ4v) is 4.11. The Kier molecular flexibility index (Phi) is 5.72. The van der Waals surface area contributed by atoms with Crippen LogP contribution in [0.1, 0.15) is 12.8 Å². The molecule has 2 N–H and O–H groups in total. The Hall–Kier alpha value is 0.180. The molecule has 17 heavy (non-hydrogen) atoms. The number of sulfonamides is 1. The first-order valence-electron chi connectivity index (χ1n) is 5.72. The Morgan fingerprint density at radius 3 is 2.41 bits per heavy atom. The van der Waals surface area contributed by atoms with Crippen LogP contribution in [0.15, 0.2) is 0 Å². The molecule has 5 nitrogen and oxygen atoms in total. The van der Waals surface area contributed by atoms with E-state index in [2.05, 4.69) is 0 Å². The maximum absolute atomic E-state index is 11.9. The summed E-state index contributed by atoms with van der Waals surface area (Å²) in [4.78, 5) is 0. The number of methoxy groups -OCH3 is 1. The van der Waals surface area contributed by atoms with Gasteiger partial charge in [-0.05, 0) is 19.1 Å². The van der Waals surface area contributed by atoms with Crippen molar-refractivity contribution in [2.24, 2.45) is 5.73 Å². The van der Waals surface area contributed by atoms with E-state index >= 15 is 0 Å². The minimum atomic E-state index is -3.15. The van der Waals surface area contributed by atoms with E-state index in [0.29, 0.717) is 19.6 Å². The van der Waals surface area contributed by atoms with Crippen LogP contribution in [0.4, 0.5) is 0 Å². The van der Waals surface area contributed by atoms with E-state index < -0.39 is 10.0 Å². The summed E-state index contributed by atoms with van der Waals surface area (Å²) in [7, 11) is -1.64. The predicted octanol–water partition coefficient (Wildman–Crippen LogP) is 0.119. The fourth-order valence-electron chi connectivity index (χ4n) is 1.98. The van der Waals surface area contributed by atoms with Gasteiger partial charge in [0.15, 0.2) is 0 Å². The number of thioether (sulfide) groups is 1. The molecule has 0 aromatic rings. The van der Waals surface area contributed by atoms with Gasteiger partial charge in [-0.2, -0.15) is 11.8 Å². The van der Waals surface area contributed by atoms with E-state index in [4.69, 9.17) is 10.5 Å². The van der Waals surface area contributed by atoms with Crippen molar-refractivity contribution in [3.63, 3.8) is 0 Å². The Morgan fingerprint density at radius 2 is 2.00 bits per heavy atom. The molecule has 1 rings (SSSR count). The summed E-state index contributed by atoms with van der Waals surface area (Å²) in [6.07, 6.45) is 3.70. The van der Waals surface area contributed by atoms with Crippen LogP contribution in [-0.4, -0.2) is 62.8 Å². The van der Waals surface area contributed by atoms with Gasteiger partial charge in [-0.15, -0.1) is 0 Å². The molecule has 0 bridgehead atoms. The van der Waals surface area contributed by atoms with Crippen LogP contribution in [0, 0.1) is 0 Å². The molecule has 0 spiro atoms. The summed E-state index contributed by atoms with van der Waals surface area (Å²) in [6, 6.07) is 0. The van der Waals surface area contributed by atoms with Crippen LogP contribution >= 0.6 is 11.8 Å². The molecule has 0 aromatic carbocycles. The van der Waals surface area contributed by atoms with Crippen molar-refractivity contribution < 1.29 is 13.2 Å². The smallest absolute Gasteiger partial charge is 0.216 e. The summed E-state index contributed by atoms with van der Waals surface area (Å²) in [6.45, 7) is 2.01. The first kappa shape index (κ1) is 15.2. The fraction of sp³-hybridized carbons (Fsp3) is 1.00. The number of hydrogen-bond acceptors (Lipinski definition) is 5. The third kappa shape index (κ3) is 3.82. The number of hydrogen-bond donors (Lipinski definition) is 1. The lowest BCUT2D eigenvalue weighted by Crippen LogP contribution is -2.49. The molecule has 0 aliphatic carbocycles. The highest BCUT2D eigenvalue weighted by Gasteiger charge is 2.36. The number of nitrogens with zero attached hydrogens (tertiary/aromatic N) is 1. The summed E-state index contributed by atoms with van der Waals surface area (Å²) < 4.78 is 30.3. The summed E-state index contributed by atoms with van der Waals surface area (Å²) in [5.74, 6) is 0.0679. The van der Waals surface area contributed by atoms with Gasteiger partial charge in [0.1, 0.15) is 0 Å². The van der Waals surface area contributed by atoms with Gasteiger partial charge >= 0.3 is 0 Å². The van der Waals surface area contributed by atoms with Gasteiger partial charge in [0.05, 0.1) is 12.4 Å². The number of nitrogens with two attached hydrogens (primary N) is 1. The molecule has 1 saturated heterocycles. The SMILES string of the molecule is COCCS(=O)(=O)N1CCC(CN)(SC)CC1. The first-order valence-corrected chi connectivity index (χ1v) is 8.55. The average Bonchev–Trinajstić information content (AvgIpc) is 2.36. The van der Waals surface area contributed by atoms with Crippen molar-refractivity contribution in [1.29, 1.82) is 0 Å². The molecular weight excluding hydrogens is 260 g/mol. The zero-order chi connectivity index (χ0) is 12.9. The summed E-state index contributed by atoms with van der Waals surface area (Å²) in [5, 5.41) is 0. The molecule has 102 valence electrons. The van der Waals surface area contributed by atoms with Crippen LogP contribution in [0.2, 0.25) is 0 Å². The van der Waals surface area contributed by atoms with Crippen LogP contribution in [0.3, 0.4) is 0 Å². The van der Waals surface area contributed by atoms with Crippen molar-refractivity contribution in [1.82, 2.24) is 4.31 Å². The molecule has 0 saturated carbocycles. The molecule has 0 unspecified atom stereocenters. The average molecular weight is 282 g/mol. The molecular formula is C10H22N2O3S2. The topological polar surface area (TPSA) is 72.6 Å². The van der Waals surface area contributed by atoms with E-state index in [1.165, 1.54) is 7.11 Å². The molecule has 0 amide bonds. The maximum atomic E-state index is 11.9. The zero-order valence-electron chi connectivity index (χ0n) is 10.5. The molecule has 1 aliphatic heterocycles. The largest absolute Gasteiger partial charge is 0.384 e. The lowest BCUT2D eigenvalue weighted by molar-refractivity contribution is 0.214. The minimum absolute atomic E-state index is 0.0628. The van der Waals surface area contributed by atoms with Gasteiger partial charge in [-0.1, -0.05) is 0 Å². The zero-order valence-corrected chi connectivity index (χ0v) is 12.1. The quantitative estimate of drug-likeness (QED) is 0.749. The third-order valence-electron chi connectivity index (χ3n) is 3.38. The second-order valence-corrected chi connectivity index (χ2v) is 7.66.